The van der Waals surface area contributed by atoms with E-state index >= 15 is 0 Å². The first-order valence-corrected chi connectivity index (χ1v) is 13.0. The SMILES string of the molecule is C=CC1C[N@@]2CCC1C[C@H]2[C@@H](NC(=O)Nc1cc(C(F)(F)F)cc(C(F)(F)F)c1)c1ccnc2ccc(OC)cc12. The van der Waals surface area contributed by atoms with Gasteiger partial charge in [-0.05, 0) is 79.3 Å². The number of pyridine rings is 1. The van der Waals surface area contributed by atoms with E-state index in [1.165, 1.54) is 7.11 Å². The van der Waals surface area contributed by atoms with Crippen LogP contribution in [0.2, 0.25) is 0 Å². The van der Waals surface area contributed by atoms with Gasteiger partial charge in [-0.1, -0.05) is 6.08 Å². The van der Waals surface area contributed by atoms with Gasteiger partial charge in [-0.3, -0.25) is 9.88 Å². The molecule has 3 fully saturated rings. The van der Waals surface area contributed by atoms with Gasteiger partial charge in [-0.15, -0.1) is 6.58 Å². The Morgan fingerprint density at radius 3 is 2.39 bits per heavy atom. The molecule has 2 amide bonds. The number of piperidine rings is 3. The number of halogens is 6. The number of benzene rings is 2. The lowest BCUT2D eigenvalue weighted by molar-refractivity contribution is -0.143. The van der Waals surface area contributed by atoms with Gasteiger partial charge in [-0.2, -0.15) is 26.3 Å². The van der Waals surface area contributed by atoms with Gasteiger partial charge in [0.1, 0.15) is 5.75 Å². The van der Waals surface area contributed by atoms with Crippen LogP contribution in [0.5, 0.6) is 5.75 Å². The van der Waals surface area contributed by atoms with Crippen LogP contribution >= 0.6 is 0 Å². The Labute approximate surface area is 232 Å². The van der Waals surface area contributed by atoms with Crippen molar-refractivity contribution in [2.75, 3.05) is 25.5 Å². The van der Waals surface area contributed by atoms with Crippen LogP contribution < -0.4 is 15.4 Å². The molecule has 4 heterocycles. The molecule has 2 aromatic carbocycles. The van der Waals surface area contributed by atoms with E-state index in [1.807, 2.05) is 6.08 Å². The summed E-state index contributed by atoms with van der Waals surface area (Å²) in [7, 11) is 1.52. The molecule has 1 aromatic heterocycles. The third kappa shape index (κ3) is 5.97. The van der Waals surface area contributed by atoms with Gasteiger partial charge in [-0.25, -0.2) is 4.79 Å². The van der Waals surface area contributed by atoms with Gasteiger partial charge in [0, 0.05) is 29.9 Å². The summed E-state index contributed by atoms with van der Waals surface area (Å²) in [5.74, 6) is 1.18. The molecule has 0 radical (unpaired) electrons. The van der Waals surface area contributed by atoms with Crippen molar-refractivity contribution < 1.29 is 35.9 Å². The highest BCUT2D eigenvalue weighted by atomic mass is 19.4. The molecule has 2 bridgehead atoms. The topological polar surface area (TPSA) is 66.5 Å². The summed E-state index contributed by atoms with van der Waals surface area (Å²) in [5.41, 5.74) is -2.31. The molecule has 2 unspecified atom stereocenters. The molecule has 2 N–H and O–H groups in total. The minimum absolute atomic E-state index is 0.0183. The Bertz CT molecular complexity index is 1430. The third-order valence-corrected chi connectivity index (χ3v) is 7.99. The molecule has 0 saturated carbocycles. The summed E-state index contributed by atoms with van der Waals surface area (Å²) < 4.78 is 85.7. The summed E-state index contributed by atoms with van der Waals surface area (Å²) in [5, 5.41) is 5.79. The van der Waals surface area contributed by atoms with Gasteiger partial charge < -0.3 is 15.4 Å². The summed E-state index contributed by atoms with van der Waals surface area (Å²) in [6, 6.07) is 6.28. The number of methoxy groups -OCH3 is 1. The highest BCUT2D eigenvalue weighted by Crippen LogP contribution is 2.43. The average Bonchev–Trinajstić information content (AvgIpc) is 2.94. The Morgan fingerprint density at radius 1 is 1.10 bits per heavy atom. The largest absolute Gasteiger partial charge is 0.497 e. The summed E-state index contributed by atoms with van der Waals surface area (Å²) in [6.45, 7) is 5.46. The predicted octanol–water partition coefficient (Wildman–Crippen LogP) is 7.04. The van der Waals surface area contributed by atoms with E-state index in [-0.39, 0.29) is 18.0 Å². The van der Waals surface area contributed by atoms with Crippen LogP contribution in [0.4, 0.5) is 36.8 Å². The van der Waals surface area contributed by atoms with Crippen molar-refractivity contribution in [1.82, 2.24) is 15.2 Å². The second kappa shape index (κ2) is 10.9. The number of nitrogens with zero attached hydrogens (tertiary/aromatic N) is 2. The second-order valence-corrected chi connectivity index (χ2v) is 10.4. The first-order chi connectivity index (χ1) is 19.4. The number of aromatic nitrogens is 1. The zero-order chi connectivity index (χ0) is 29.5. The number of amides is 2. The Kier molecular flexibility index (Phi) is 7.62. The molecule has 0 spiro atoms. The van der Waals surface area contributed by atoms with Crippen molar-refractivity contribution in [3.8, 4) is 5.75 Å². The number of anilines is 1. The molecule has 41 heavy (non-hydrogen) atoms. The van der Waals surface area contributed by atoms with Crippen LogP contribution in [-0.2, 0) is 12.4 Å². The molecule has 3 saturated heterocycles. The van der Waals surface area contributed by atoms with Crippen LogP contribution in [0, 0.1) is 11.8 Å². The number of nitrogens with one attached hydrogen (secondary N) is 2. The minimum atomic E-state index is -5.04. The van der Waals surface area contributed by atoms with E-state index in [4.69, 9.17) is 4.74 Å². The number of ether oxygens (including phenoxy) is 1. The second-order valence-electron chi connectivity index (χ2n) is 10.4. The van der Waals surface area contributed by atoms with Gasteiger partial charge in [0.05, 0.1) is 29.8 Å². The summed E-state index contributed by atoms with van der Waals surface area (Å²) >= 11 is 0. The zero-order valence-electron chi connectivity index (χ0n) is 22.0. The maximum absolute atomic E-state index is 13.4. The molecular formula is C29H28F6N4O2. The zero-order valence-corrected chi connectivity index (χ0v) is 22.0. The first-order valence-electron chi connectivity index (χ1n) is 13.0. The van der Waals surface area contributed by atoms with E-state index in [2.05, 4.69) is 27.1 Å². The molecule has 3 aliphatic heterocycles. The normalized spacial score (nSPS) is 23.2. The Hall–Kier alpha value is -3.80. The maximum atomic E-state index is 13.4. The number of hydrogen-bond acceptors (Lipinski definition) is 4. The Morgan fingerprint density at radius 2 is 1.80 bits per heavy atom. The number of rotatable bonds is 6. The van der Waals surface area contributed by atoms with Crippen LogP contribution in [0.25, 0.3) is 10.9 Å². The lowest BCUT2D eigenvalue weighted by Crippen LogP contribution is -2.57. The van der Waals surface area contributed by atoms with Gasteiger partial charge >= 0.3 is 18.4 Å². The standard InChI is InChI=1S/C29H28F6N4O2/c1-3-16-15-39-9-7-17(16)10-25(39)26(22-6-8-36-24-5-4-21(41-2)14-23(22)24)38-27(40)37-20-12-18(28(30,31)32)11-19(13-20)29(33,34)35/h3-6,8,11-14,16-17,25-26H,1,7,9-10,15H2,2H3,(H2,37,38,40)/t16?,17?,25-,26-/m0/s1. The van der Waals surface area contributed by atoms with Crippen LogP contribution in [0.15, 0.2) is 61.3 Å². The van der Waals surface area contributed by atoms with Gasteiger partial charge in [0.25, 0.3) is 0 Å². The van der Waals surface area contributed by atoms with Crippen molar-refractivity contribution in [2.45, 2.75) is 37.3 Å². The quantitative estimate of drug-likeness (QED) is 0.243. The predicted molar refractivity (Wildman–Crippen MR) is 141 cm³/mol. The number of alkyl halides is 6. The molecule has 3 aromatic rings. The molecule has 3 aliphatic rings. The number of carbonyl (C=O) groups excluding carboxylic acids is 1. The molecule has 5 atom stereocenters. The fourth-order valence-electron chi connectivity index (χ4n) is 5.99. The van der Waals surface area contributed by atoms with E-state index in [1.54, 1.807) is 30.5 Å². The Balaban J connectivity index is 1.51. The molecular weight excluding hydrogens is 550 g/mol. The van der Waals surface area contributed by atoms with Crippen LogP contribution in [0.3, 0.4) is 0 Å². The number of hydrogen-bond donors (Lipinski definition) is 2. The van der Waals surface area contributed by atoms with Crippen LogP contribution in [0.1, 0.15) is 35.6 Å². The molecule has 12 heteroatoms. The van der Waals surface area contributed by atoms with E-state index in [0.29, 0.717) is 40.3 Å². The number of carbonyl (C=O) groups is 1. The van der Waals surface area contributed by atoms with Gasteiger partial charge in [0.15, 0.2) is 0 Å². The number of urea groups is 1. The molecule has 218 valence electrons. The van der Waals surface area contributed by atoms with Crippen molar-refractivity contribution >= 4 is 22.6 Å². The monoisotopic (exact) mass is 578 g/mol. The maximum Gasteiger partial charge on any atom is 0.416 e. The first kappa shape index (κ1) is 28.7. The van der Waals surface area contributed by atoms with Crippen molar-refractivity contribution in [3.05, 3.63) is 78.0 Å². The van der Waals surface area contributed by atoms with E-state index in [9.17, 15) is 31.1 Å². The lowest BCUT2D eigenvalue weighted by Gasteiger charge is -2.51. The van der Waals surface area contributed by atoms with Crippen LogP contribution in [-0.4, -0.2) is 42.2 Å². The average molecular weight is 579 g/mol. The van der Waals surface area contributed by atoms with Gasteiger partial charge in [0.2, 0.25) is 0 Å². The summed E-state index contributed by atoms with van der Waals surface area (Å²) in [6.07, 6.45) is -4.87. The molecule has 0 aliphatic carbocycles. The fourth-order valence-corrected chi connectivity index (χ4v) is 5.99. The lowest BCUT2D eigenvalue weighted by atomic mass is 9.73. The summed E-state index contributed by atoms with van der Waals surface area (Å²) in [4.78, 5) is 19.9. The minimum Gasteiger partial charge on any atom is -0.497 e. The van der Waals surface area contributed by atoms with E-state index in [0.717, 1.165) is 25.9 Å². The van der Waals surface area contributed by atoms with Crippen molar-refractivity contribution in [1.29, 1.82) is 0 Å². The highest BCUT2D eigenvalue weighted by molar-refractivity contribution is 5.91. The highest BCUT2D eigenvalue weighted by Gasteiger charge is 2.43. The third-order valence-electron chi connectivity index (χ3n) is 7.99. The van der Waals surface area contributed by atoms with Crippen molar-refractivity contribution in [2.24, 2.45) is 11.8 Å². The fraction of sp³-hybridized carbons (Fsp3) is 0.379. The number of fused-ring (bicyclic) bond motifs is 4. The smallest absolute Gasteiger partial charge is 0.416 e. The molecule has 6 nitrogen and oxygen atoms in total. The molecule has 6 rings (SSSR count). The van der Waals surface area contributed by atoms with Crippen molar-refractivity contribution in [3.63, 3.8) is 0 Å². The van der Waals surface area contributed by atoms with E-state index < -0.39 is 41.2 Å².